The third-order valence-corrected chi connectivity index (χ3v) is 2.45. The maximum atomic E-state index is 4.53. The molecular weight excluding hydrogens is 160 g/mol. The van der Waals surface area contributed by atoms with E-state index in [4.69, 9.17) is 0 Å². The number of rotatable bonds is 0. The molecule has 0 unspecified atom stereocenters. The summed E-state index contributed by atoms with van der Waals surface area (Å²) in [5.41, 5.74) is 1.55. The van der Waals surface area contributed by atoms with E-state index >= 15 is 0 Å². The zero-order valence-corrected chi connectivity index (χ0v) is 8.54. The van der Waals surface area contributed by atoms with Crippen LogP contribution in [0.5, 0.6) is 0 Å². The minimum absolute atomic E-state index is 0.201. The van der Waals surface area contributed by atoms with E-state index in [2.05, 4.69) is 49.0 Å². The summed E-state index contributed by atoms with van der Waals surface area (Å²) >= 11 is 0. The van der Waals surface area contributed by atoms with Gasteiger partial charge in [-0.3, -0.25) is 4.99 Å². The van der Waals surface area contributed by atoms with E-state index in [0.717, 1.165) is 13.1 Å². The van der Waals surface area contributed by atoms with Crippen LogP contribution in [0.2, 0.25) is 0 Å². The van der Waals surface area contributed by atoms with Crippen LogP contribution in [-0.4, -0.2) is 23.8 Å². The van der Waals surface area contributed by atoms with Gasteiger partial charge in [0.05, 0.1) is 6.54 Å². The average Bonchev–Trinajstić information content (AvgIpc) is 2.48. The van der Waals surface area contributed by atoms with E-state index in [-0.39, 0.29) is 5.41 Å². The van der Waals surface area contributed by atoms with Gasteiger partial charge in [0.25, 0.3) is 0 Å². The predicted molar refractivity (Wildman–Crippen MR) is 55.7 cm³/mol. The Labute approximate surface area is 79.7 Å². The van der Waals surface area contributed by atoms with E-state index in [1.54, 1.807) is 0 Å². The maximum Gasteiger partial charge on any atom is 0.131 e. The van der Waals surface area contributed by atoms with E-state index in [1.165, 1.54) is 11.4 Å². The Morgan fingerprint density at radius 3 is 2.85 bits per heavy atom. The van der Waals surface area contributed by atoms with Crippen LogP contribution in [0, 0.1) is 5.41 Å². The highest BCUT2D eigenvalue weighted by Crippen LogP contribution is 2.30. The molecule has 0 aromatic carbocycles. The van der Waals surface area contributed by atoms with Gasteiger partial charge in [-0.2, -0.15) is 0 Å². The smallest absolute Gasteiger partial charge is 0.131 e. The SMILES string of the molecule is CC(C)(C)C1=CC=CN2CCN=C12. The molecule has 70 valence electrons. The van der Waals surface area contributed by atoms with Crippen LogP contribution in [0.4, 0.5) is 0 Å². The van der Waals surface area contributed by atoms with Gasteiger partial charge in [-0.05, 0) is 17.1 Å². The fourth-order valence-corrected chi connectivity index (χ4v) is 1.75. The second kappa shape index (κ2) is 2.72. The quantitative estimate of drug-likeness (QED) is 0.552. The number of nitrogens with zero attached hydrogens (tertiary/aromatic N) is 2. The first-order valence-electron chi connectivity index (χ1n) is 4.79. The van der Waals surface area contributed by atoms with Gasteiger partial charge in [-0.25, -0.2) is 0 Å². The molecule has 0 saturated carbocycles. The molecule has 13 heavy (non-hydrogen) atoms. The number of allylic oxidation sites excluding steroid dienone is 2. The van der Waals surface area contributed by atoms with E-state index in [9.17, 15) is 0 Å². The second-order valence-electron chi connectivity index (χ2n) is 4.57. The van der Waals surface area contributed by atoms with E-state index < -0.39 is 0 Å². The van der Waals surface area contributed by atoms with Crippen molar-refractivity contribution in [2.24, 2.45) is 10.4 Å². The van der Waals surface area contributed by atoms with Crippen molar-refractivity contribution < 1.29 is 0 Å². The van der Waals surface area contributed by atoms with Crippen molar-refractivity contribution in [3.8, 4) is 0 Å². The lowest BCUT2D eigenvalue weighted by Gasteiger charge is -2.29. The third-order valence-electron chi connectivity index (χ3n) is 2.45. The minimum atomic E-state index is 0.201. The first kappa shape index (κ1) is 8.54. The van der Waals surface area contributed by atoms with Gasteiger partial charge in [0.15, 0.2) is 0 Å². The van der Waals surface area contributed by atoms with Crippen molar-refractivity contribution in [2.75, 3.05) is 13.1 Å². The molecule has 2 aliphatic rings. The molecule has 0 saturated heterocycles. The largest absolute Gasteiger partial charge is 0.331 e. The fourth-order valence-electron chi connectivity index (χ4n) is 1.75. The molecule has 2 nitrogen and oxygen atoms in total. The summed E-state index contributed by atoms with van der Waals surface area (Å²) in [6.45, 7) is 8.68. The number of aliphatic imine (C=N–C) groups is 1. The lowest BCUT2D eigenvalue weighted by molar-refractivity contribution is 0.503. The van der Waals surface area contributed by atoms with Crippen molar-refractivity contribution in [1.29, 1.82) is 0 Å². The summed E-state index contributed by atoms with van der Waals surface area (Å²) in [7, 11) is 0. The van der Waals surface area contributed by atoms with Crippen LogP contribution >= 0.6 is 0 Å². The highest BCUT2D eigenvalue weighted by Gasteiger charge is 2.28. The topological polar surface area (TPSA) is 15.6 Å². The summed E-state index contributed by atoms with van der Waals surface area (Å²) in [4.78, 5) is 6.77. The van der Waals surface area contributed by atoms with Crippen molar-refractivity contribution in [3.63, 3.8) is 0 Å². The van der Waals surface area contributed by atoms with Crippen molar-refractivity contribution >= 4 is 5.84 Å². The third kappa shape index (κ3) is 1.41. The van der Waals surface area contributed by atoms with E-state index in [0.29, 0.717) is 0 Å². The predicted octanol–water partition coefficient (Wildman–Crippen LogP) is 2.20. The molecule has 0 atom stereocenters. The lowest BCUT2D eigenvalue weighted by Crippen LogP contribution is -2.30. The molecule has 0 N–H and O–H groups in total. The lowest BCUT2D eigenvalue weighted by atomic mass is 9.84. The normalized spacial score (nSPS) is 21.3. The molecule has 0 fully saturated rings. The summed E-state index contributed by atoms with van der Waals surface area (Å²) in [6, 6.07) is 0. The Hall–Kier alpha value is -1.05. The molecule has 0 amide bonds. The van der Waals surface area contributed by atoms with Gasteiger partial charge in [0.1, 0.15) is 5.84 Å². The van der Waals surface area contributed by atoms with Gasteiger partial charge in [-0.15, -0.1) is 0 Å². The summed E-state index contributed by atoms with van der Waals surface area (Å²) in [5, 5.41) is 0. The van der Waals surface area contributed by atoms with Crippen molar-refractivity contribution in [3.05, 3.63) is 23.9 Å². The zero-order valence-electron chi connectivity index (χ0n) is 8.54. The maximum absolute atomic E-state index is 4.53. The number of fused-ring (bicyclic) bond motifs is 1. The monoisotopic (exact) mass is 176 g/mol. The first-order valence-corrected chi connectivity index (χ1v) is 4.79. The van der Waals surface area contributed by atoms with Gasteiger partial charge >= 0.3 is 0 Å². The molecular formula is C11H16N2. The number of hydrogen-bond acceptors (Lipinski definition) is 2. The molecule has 2 heteroatoms. The highest BCUT2D eigenvalue weighted by atomic mass is 15.2. The summed E-state index contributed by atoms with van der Waals surface area (Å²) < 4.78 is 0. The van der Waals surface area contributed by atoms with Crippen LogP contribution in [0.25, 0.3) is 0 Å². The molecule has 2 aliphatic heterocycles. The van der Waals surface area contributed by atoms with Gasteiger partial charge < -0.3 is 4.90 Å². The van der Waals surface area contributed by atoms with Crippen molar-refractivity contribution in [2.45, 2.75) is 20.8 Å². The fraction of sp³-hybridized carbons (Fsp3) is 0.545. The molecule has 0 spiro atoms. The van der Waals surface area contributed by atoms with Gasteiger partial charge in [0, 0.05) is 12.7 Å². The average molecular weight is 176 g/mol. The zero-order chi connectivity index (χ0) is 9.47. The minimum Gasteiger partial charge on any atom is -0.331 e. The first-order chi connectivity index (χ1) is 6.09. The van der Waals surface area contributed by atoms with Crippen LogP contribution in [0.15, 0.2) is 28.9 Å². The second-order valence-corrected chi connectivity index (χ2v) is 4.57. The Kier molecular flexibility index (Phi) is 1.79. The van der Waals surface area contributed by atoms with Crippen molar-refractivity contribution in [1.82, 2.24) is 4.90 Å². The Morgan fingerprint density at radius 2 is 2.15 bits per heavy atom. The Balaban J connectivity index is 2.37. The molecule has 0 aromatic heterocycles. The summed E-state index contributed by atoms with van der Waals surface area (Å²) in [5.74, 6) is 1.18. The molecule has 2 rings (SSSR count). The molecule has 0 aliphatic carbocycles. The molecule has 0 aromatic rings. The summed E-state index contributed by atoms with van der Waals surface area (Å²) in [6.07, 6.45) is 6.41. The Morgan fingerprint density at radius 1 is 1.38 bits per heavy atom. The number of hydrogen-bond donors (Lipinski definition) is 0. The molecule has 0 radical (unpaired) electrons. The van der Waals surface area contributed by atoms with Crippen LogP contribution in [0.1, 0.15) is 20.8 Å². The van der Waals surface area contributed by atoms with Crippen LogP contribution < -0.4 is 0 Å². The highest BCUT2D eigenvalue weighted by molar-refractivity contribution is 6.02. The Bertz CT molecular complexity index is 303. The number of amidine groups is 1. The molecule has 0 bridgehead atoms. The van der Waals surface area contributed by atoms with Crippen LogP contribution in [-0.2, 0) is 0 Å². The van der Waals surface area contributed by atoms with Gasteiger partial charge in [-0.1, -0.05) is 26.8 Å². The standard InChI is InChI=1S/C11H16N2/c1-11(2,3)9-5-4-7-13-8-6-12-10(9)13/h4-5,7H,6,8H2,1-3H3. The molecule has 2 heterocycles. The van der Waals surface area contributed by atoms with Crippen LogP contribution in [0.3, 0.4) is 0 Å². The van der Waals surface area contributed by atoms with E-state index in [1.807, 2.05) is 0 Å². The van der Waals surface area contributed by atoms with Gasteiger partial charge in [0.2, 0.25) is 0 Å².